The zero-order chi connectivity index (χ0) is 15.6. The normalized spacial score (nSPS) is 16.1. The SMILES string of the molecule is CCCCOCCCNC(=NC)NCC1Cc2ccccc21.I. The van der Waals surface area contributed by atoms with Crippen molar-refractivity contribution >= 4 is 29.9 Å². The molecule has 1 aliphatic carbocycles. The molecule has 2 N–H and O–H groups in total. The number of hydrogen-bond acceptors (Lipinski definition) is 2. The number of halogens is 1. The predicted molar refractivity (Wildman–Crippen MR) is 108 cm³/mol. The highest BCUT2D eigenvalue weighted by atomic mass is 127. The number of ether oxygens (including phenoxy) is 1. The molecule has 1 aliphatic rings. The minimum Gasteiger partial charge on any atom is -0.381 e. The second kappa shape index (κ2) is 11.7. The Morgan fingerprint density at radius 2 is 2.00 bits per heavy atom. The molecule has 0 aliphatic heterocycles. The summed E-state index contributed by atoms with van der Waals surface area (Å²) in [5.74, 6) is 1.50. The third kappa shape index (κ3) is 6.67. The third-order valence-corrected chi connectivity index (χ3v) is 4.10. The van der Waals surface area contributed by atoms with Gasteiger partial charge in [-0.2, -0.15) is 0 Å². The van der Waals surface area contributed by atoms with Crippen LogP contribution < -0.4 is 10.6 Å². The van der Waals surface area contributed by atoms with Gasteiger partial charge in [-0.25, -0.2) is 0 Å². The Balaban J connectivity index is 0.00000264. The average molecular weight is 431 g/mol. The van der Waals surface area contributed by atoms with Gasteiger partial charge in [0.25, 0.3) is 0 Å². The summed E-state index contributed by atoms with van der Waals surface area (Å²) in [6.07, 6.45) is 4.53. The highest BCUT2D eigenvalue weighted by molar-refractivity contribution is 14.0. The number of rotatable bonds is 9. The quantitative estimate of drug-likeness (QED) is 0.273. The molecule has 23 heavy (non-hydrogen) atoms. The van der Waals surface area contributed by atoms with Crippen molar-refractivity contribution < 1.29 is 4.74 Å². The summed E-state index contributed by atoms with van der Waals surface area (Å²) < 4.78 is 5.55. The fourth-order valence-corrected chi connectivity index (χ4v) is 2.71. The second-order valence-electron chi connectivity index (χ2n) is 5.80. The van der Waals surface area contributed by atoms with Crippen LogP contribution in [0.15, 0.2) is 29.3 Å². The lowest BCUT2D eigenvalue weighted by atomic mass is 9.78. The van der Waals surface area contributed by atoms with Crippen LogP contribution in [0.5, 0.6) is 0 Å². The molecule has 0 saturated heterocycles. The highest BCUT2D eigenvalue weighted by Gasteiger charge is 2.25. The van der Waals surface area contributed by atoms with Crippen LogP contribution in [-0.4, -0.2) is 39.3 Å². The smallest absolute Gasteiger partial charge is 0.190 e. The summed E-state index contributed by atoms with van der Waals surface area (Å²) in [6.45, 7) is 5.72. The molecule has 0 heterocycles. The molecule has 0 amide bonds. The number of benzene rings is 1. The maximum Gasteiger partial charge on any atom is 0.190 e. The Bertz CT molecular complexity index is 479. The Kier molecular flexibility index (Phi) is 10.3. The standard InChI is InChI=1S/C18H29N3O.HI/c1-3-4-11-22-12-7-10-20-18(19-2)21-14-16-13-15-8-5-6-9-17(15)16;/h5-6,8-9,16H,3-4,7,10-14H2,1-2H3,(H2,19,20,21);1H. The minimum absolute atomic E-state index is 0. The van der Waals surface area contributed by atoms with Crippen molar-refractivity contribution in [1.29, 1.82) is 0 Å². The Hall–Kier alpha value is -0.820. The molecule has 1 unspecified atom stereocenters. The monoisotopic (exact) mass is 431 g/mol. The zero-order valence-electron chi connectivity index (χ0n) is 14.3. The van der Waals surface area contributed by atoms with E-state index in [0.717, 1.165) is 45.1 Å². The van der Waals surface area contributed by atoms with Gasteiger partial charge in [-0.3, -0.25) is 4.99 Å². The van der Waals surface area contributed by atoms with E-state index >= 15 is 0 Å². The van der Waals surface area contributed by atoms with E-state index in [0.29, 0.717) is 5.92 Å². The highest BCUT2D eigenvalue weighted by Crippen LogP contribution is 2.33. The van der Waals surface area contributed by atoms with Gasteiger partial charge in [0.15, 0.2) is 5.96 Å². The van der Waals surface area contributed by atoms with Gasteiger partial charge in [0.2, 0.25) is 0 Å². The van der Waals surface area contributed by atoms with E-state index < -0.39 is 0 Å². The number of nitrogens with one attached hydrogen (secondary N) is 2. The van der Waals surface area contributed by atoms with Gasteiger partial charge < -0.3 is 15.4 Å². The first-order chi connectivity index (χ1) is 10.8. The van der Waals surface area contributed by atoms with Gasteiger partial charge in [0.05, 0.1) is 0 Å². The topological polar surface area (TPSA) is 45.6 Å². The lowest BCUT2D eigenvalue weighted by molar-refractivity contribution is 0.129. The van der Waals surface area contributed by atoms with Crippen molar-refractivity contribution in [3.8, 4) is 0 Å². The Morgan fingerprint density at radius 1 is 1.22 bits per heavy atom. The molecule has 2 rings (SSSR count). The fraction of sp³-hybridized carbons (Fsp3) is 0.611. The van der Waals surface area contributed by atoms with Gasteiger partial charge in [-0.05, 0) is 30.4 Å². The Morgan fingerprint density at radius 3 is 2.74 bits per heavy atom. The maximum absolute atomic E-state index is 5.55. The van der Waals surface area contributed by atoms with Gasteiger partial charge >= 0.3 is 0 Å². The number of nitrogens with zero attached hydrogens (tertiary/aromatic N) is 1. The summed E-state index contributed by atoms with van der Waals surface area (Å²) in [4.78, 5) is 4.28. The van der Waals surface area contributed by atoms with Crippen LogP contribution in [0.2, 0.25) is 0 Å². The molecule has 0 aromatic heterocycles. The van der Waals surface area contributed by atoms with Crippen molar-refractivity contribution in [3.63, 3.8) is 0 Å². The largest absolute Gasteiger partial charge is 0.381 e. The van der Waals surface area contributed by atoms with Gasteiger partial charge in [-0.15, -0.1) is 24.0 Å². The summed E-state index contributed by atoms with van der Waals surface area (Å²) in [6, 6.07) is 8.69. The van der Waals surface area contributed by atoms with Crippen LogP contribution in [0.3, 0.4) is 0 Å². The van der Waals surface area contributed by atoms with Crippen molar-refractivity contribution in [2.45, 2.75) is 38.5 Å². The molecule has 1 atom stereocenters. The number of guanidine groups is 1. The lowest BCUT2D eigenvalue weighted by Crippen LogP contribution is -2.41. The van der Waals surface area contributed by atoms with E-state index in [2.05, 4.69) is 46.8 Å². The lowest BCUT2D eigenvalue weighted by Gasteiger charge is -2.30. The molecule has 130 valence electrons. The molecule has 0 radical (unpaired) electrons. The maximum atomic E-state index is 5.55. The second-order valence-corrected chi connectivity index (χ2v) is 5.80. The van der Waals surface area contributed by atoms with Crippen molar-refractivity contribution in [3.05, 3.63) is 35.4 Å². The molecular formula is C18H30IN3O. The van der Waals surface area contributed by atoms with Crippen molar-refractivity contribution in [2.75, 3.05) is 33.4 Å². The van der Waals surface area contributed by atoms with Crippen LogP contribution >= 0.6 is 24.0 Å². The number of unbranched alkanes of at least 4 members (excludes halogenated alkanes) is 1. The van der Waals surface area contributed by atoms with Gasteiger partial charge in [0.1, 0.15) is 0 Å². The van der Waals surface area contributed by atoms with Crippen LogP contribution in [0.25, 0.3) is 0 Å². The van der Waals surface area contributed by atoms with Gasteiger partial charge in [-0.1, -0.05) is 37.6 Å². The van der Waals surface area contributed by atoms with Crippen molar-refractivity contribution in [2.24, 2.45) is 4.99 Å². The van der Waals surface area contributed by atoms with E-state index in [1.807, 2.05) is 7.05 Å². The molecule has 0 spiro atoms. The van der Waals surface area contributed by atoms with E-state index in [1.54, 1.807) is 0 Å². The number of aliphatic imine (C=N–C) groups is 1. The predicted octanol–water partition coefficient (Wildman–Crippen LogP) is 3.32. The third-order valence-electron chi connectivity index (χ3n) is 4.10. The molecule has 0 bridgehead atoms. The average Bonchev–Trinajstić information content (AvgIpc) is 2.53. The zero-order valence-corrected chi connectivity index (χ0v) is 16.6. The van der Waals surface area contributed by atoms with E-state index in [4.69, 9.17) is 4.74 Å². The first-order valence-electron chi connectivity index (χ1n) is 8.45. The molecule has 5 heteroatoms. The van der Waals surface area contributed by atoms with Crippen LogP contribution in [0.4, 0.5) is 0 Å². The van der Waals surface area contributed by atoms with Crippen molar-refractivity contribution in [1.82, 2.24) is 10.6 Å². The van der Waals surface area contributed by atoms with Crippen LogP contribution in [-0.2, 0) is 11.2 Å². The summed E-state index contributed by atoms with van der Waals surface area (Å²) in [5, 5.41) is 6.77. The number of fused-ring (bicyclic) bond motifs is 1. The van der Waals surface area contributed by atoms with Crippen LogP contribution in [0, 0.1) is 0 Å². The molecule has 4 nitrogen and oxygen atoms in total. The molecule has 0 saturated carbocycles. The molecular weight excluding hydrogens is 401 g/mol. The molecule has 0 fully saturated rings. The van der Waals surface area contributed by atoms with Gasteiger partial charge in [0, 0.05) is 39.3 Å². The van der Waals surface area contributed by atoms with Crippen LogP contribution in [0.1, 0.15) is 43.2 Å². The summed E-state index contributed by atoms with van der Waals surface area (Å²) in [5.41, 5.74) is 2.97. The molecule has 1 aromatic rings. The summed E-state index contributed by atoms with van der Waals surface area (Å²) >= 11 is 0. The minimum atomic E-state index is 0. The molecule has 1 aromatic carbocycles. The first-order valence-corrected chi connectivity index (χ1v) is 8.45. The fourth-order valence-electron chi connectivity index (χ4n) is 2.71. The van der Waals surface area contributed by atoms with E-state index in [9.17, 15) is 0 Å². The first kappa shape index (κ1) is 20.2. The number of hydrogen-bond donors (Lipinski definition) is 2. The van der Waals surface area contributed by atoms with E-state index in [1.165, 1.54) is 24.0 Å². The Labute approximate surface area is 157 Å². The summed E-state index contributed by atoms with van der Waals surface area (Å²) in [7, 11) is 1.82. The van der Waals surface area contributed by atoms with E-state index in [-0.39, 0.29) is 24.0 Å².